The van der Waals surface area contributed by atoms with Gasteiger partial charge in [0.25, 0.3) is 0 Å². The summed E-state index contributed by atoms with van der Waals surface area (Å²) < 4.78 is 0. The normalized spacial score (nSPS) is 21.9. The Balaban J connectivity index is 1.42. The van der Waals surface area contributed by atoms with Gasteiger partial charge in [-0.05, 0) is 56.7 Å². The summed E-state index contributed by atoms with van der Waals surface area (Å²) in [5.74, 6) is 1.63. The number of guanidine groups is 1. The minimum Gasteiger partial charge on any atom is -0.357 e. The van der Waals surface area contributed by atoms with E-state index in [9.17, 15) is 0 Å². The molecular formula is C18H28ClN5. The van der Waals surface area contributed by atoms with E-state index in [0.717, 1.165) is 38.1 Å². The van der Waals surface area contributed by atoms with E-state index in [0.29, 0.717) is 11.1 Å². The molecule has 1 saturated heterocycles. The first-order chi connectivity index (χ1) is 11.7. The number of rotatable bonds is 7. The van der Waals surface area contributed by atoms with Crippen LogP contribution in [0, 0.1) is 5.92 Å². The topological polar surface area (TPSA) is 52.6 Å². The van der Waals surface area contributed by atoms with Crippen LogP contribution in [0.4, 0.5) is 0 Å². The van der Waals surface area contributed by atoms with Crippen LogP contribution >= 0.6 is 11.6 Å². The molecule has 1 unspecified atom stereocenters. The predicted octanol–water partition coefficient (Wildman–Crippen LogP) is 2.32. The zero-order chi connectivity index (χ0) is 16.8. The molecule has 2 heterocycles. The molecule has 0 radical (unpaired) electrons. The number of nitrogens with one attached hydrogen (secondary N) is 2. The van der Waals surface area contributed by atoms with Crippen LogP contribution in [0.3, 0.4) is 0 Å². The van der Waals surface area contributed by atoms with E-state index in [2.05, 4.69) is 27.4 Å². The average Bonchev–Trinajstić information content (AvgIpc) is 3.33. The first kappa shape index (κ1) is 17.5. The highest BCUT2D eigenvalue weighted by Crippen LogP contribution is 2.31. The fourth-order valence-corrected chi connectivity index (χ4v) is 3.34. The van der Waals surface area contributed by atoms with Crippen LogP contribution in [-0.2, 0) is 6.42 Å². The van der Waals surface area contributed by atoms with Gasteiger partial charge in [0.05, 0.1) is 0 Å². The zero-order valence-corrected chi connectivity index (χ0v) is 15.2. The lowest BCUT2D eigenvalue weighted by Gasteiger charge is -2.15. The smallest absolute Gasteiger partial charge is 0.191 e. The van der Waals surface area contributed by atoms with E-state index >= 15 is 0 Å². The van der Waals surface area contributed by atoms with E-state index in [-0.39, 0.29) is 0 Å². The summed E-state index contributed by atoms with van der Waals surface area (Å²) in [6.07, 6.45) is 6.84. The van der Waals surface area contributed by atoms with Crippen LogP contribution in [0.5, 0.6) is 0 Å². The van der Waals surface area contributed by atoms with Crippen molar-refractivity contribution in [3.8, 4) is 0 Å². The standard InChI is InChI=1S/C18H28ClN5/c1-2-20-18(21-9-7-14-3-6-17(19)22-11-14)23-12-15-8-10-24(13-15)16-4-5-16/h3,6,11,15-16H,2,4-5,7-10,12-13H2,1H3,(H2,20,21,23). The van der Waals surface area contributed by atoms with Crippen molar-refractivity contribution in [3.05, 3.63) is 29.0 Å². The highest BCUT2D eigenvalue weighted by molar-refractivity contribution is 6.29. The number of likely N-dealkylation sites (tertiary alicyclic amines) is 1. The molecule has 3 rings (SSSR count). The number of nitrogens with zero attached hydrogens (tertiary/aromatic N) is 3. The lowest BCUT2D eigenvalue weighted by molar-refractivity contribution is 0.315. The molecule has 1 aromatic heterocycles. The zero-order valence-electron chi connectivity index (χ0n) is 14.5. The van der Waals surface area contributed by atoms with Gasteiger partial charge in [-0.15, -0.1) is 0 Å². The van der Waals surface area contributed by atoms with Crippen molar-refractivity contribution >= 4 is 17.6 Å². The Morgan fingerprint density at radius 3 is 2.92 bits per heavy atom. The van der Waals surface area contributed by atoms with Crippen molar-refractivity contribution in [1.82, 2.24) is 20.5 Å². The number of halogens is 1. The van der Waals surface area contributed by atoms with Gasteiger partial charge in [-0.1, -0.05) is 17.7 Å². The minimum atomic E-state index is 0.540. The fourth-order valence-electron chi connectivity index (χ4n) is 3.22. The van der Waals surface area contributed by atoms with Crippen LogP contribution in [0.2, 0.25) is 5.15 Å². The van der Waals surface area contributed by atoms with Crippen molar-refractivity contribution in [2.75, 3.05) is 32.7 Å². The Kier molecular flexibility index (Phi) is 6.32. The SMILES string of the molecule is CCNC(=NCC1CCN(C2CC2)C1)NCCc1ccc(Cl)nc1. The van der Waals surface area contributed by atoms with E-state index < -0.39 is 0 Å². The van der Waals surface area contributed by atoms with Gasteiger partial charge in [-0.3, -0.25) is 4.99 Å². The maximum atomic E-state index is 5.82. The lowest BCUT2D eigenvalue weighted by Crippen LogP contribution is -2.38. The van der Waals surface area contributed by atoms with E-state index in [4.69, 9.17) is 16.6 Å². The molecule has 1 aromatic rings. The van der Waals surface area contributed by atoms with Crippen molar-refractivity contribution in [2.24, 2.45) is 10.9 Å². The molecule has 5 nitrogen and oxygen atoms in total. The van der Waals surface area contributed by atoms with Gasteiger partial charge in [-0.25, -0.2) is 4.98 Å². The molecule has 1 aliphatic heterocycles. The second-order valence-corrected chi connectivity index (χ2v) is 7.15. The fraction of sp³-hybridized carbons (Fsp3) is 0.667. The molecule has 0 amide bonds. The highest BCUT2D eigenvalue weighted by Gasteiger charge is 2.34. The van der Waals surface area contributed by atoms with Gasteiger partial charge >= 0.3 is 0 Å². The molecular weight excluding hydrogens is 322 g/mol. The van der Waals surface area contributed by atoms with Gasteiger partial charge in [0, 0.05) is 38.4 Å². The Morgan fingerprint density at radius 1 is 1.33 bits per heavy atom. The molecule has 1 saturated carbocycles. The minimum absolute atomic E-state index is 0.540. The third kappa shape index (κ3) is 5.35. The molecule has 1 aliphatic carbocycles. The van der Waals surface area contributed by atoms with Gasteiger partial charge in [0.15, 0.2) is 5.96 Å². The maximum Gasteiger partial charge on any atom is 0.191 e. The summed E-state index contributed by atoms with van der Waals surface area (Å²) in [5, 5.41) is 7.30. The summed E-state index contributed by atoms with van der Waals surface area (Å²) in [5.41, 5.74) is 1.18. The van der Waals surface area contributed by atoms with Crippen LogP contribution in [0.15, 0.2) is 23.3 Å². The number of pyridine rings is 1. The first-order valence-corrected chi connectivity index (χ1v) is 9.49. The lowest BCUT2D eigenvalue weighted by atomic mass is 10.1. The van der Waals surface area contributed by atoms with Crippen LogP contribution in [-0.4, -0.2) is 54.6 Å². The molecule has 0 spiro atoms. The highest BCUT2D eigenvalue weighted by atomic mass is 35.5. The Bertz CT molecular complexity index is 541. The third-order valence-electron chi connectivity index (χ3n) is 4.73. The largest absolute Gasteiger partial charge is 0.357 e. The second-order valence-electron chi connectivity index (χ2n) is 6.77. The summed E-state index contributed by atoms with van der Waals surface area (Å²) in [7, 11) is 0. The van der Waals surface area contributed by atoms with E-state index in [1.165, 1.54) is 37.9 Å². The number of aromatic nitrogens is 1. The molecule has 132 valence electrons. The van der Waals surface area contributed by atoms with E-state index in [1.807, 2.05) is 18.3 Å². The van der Waals surface area contributed by atoms with Crippen LogP contribution < -0.4 is 10.6 Å². The molecule has 0 bridgehead atoms. The van der Waals surface area contributed by atoms with Gasteiger partial charge < -0.3 is 15.5 Å². The molecule has 2 fully saturated rings. The molecule has 1 atom stereocenters. The second kappa shape index (κ2) is 8.67. The summed E-state index contributed by atoms with van der Waals surface area (Å²) >= 11 is 5.82. The van der Waals surface area contributed by atoms with Crippen LogP contribution in [0.25, 0.3) is 0 Å². The molecule has 6 heteroatoms. The Hall–Kier alpha value is -1.33. The van der Waals surface area contributed by atoms with Gasteiger partial charge in [0.2, 0.25) is 0 Å². The monoisotopic (exact) mass is 349 g/mol. The van der Waals surface area contributed by atoms with E-state index in [1.54, 1.807) is 0 Å². The molecule has 2 aliphatic rings. The Labute approximate surface area is 149 Å². The average molecular weight is 350 g/mol. The van der Waals surface area contributed by atoms with Crippen molar-refractivity contribution in [3.63, 3.8) is 0 Å². The molecule has 24 heavy (non-hydrogen) atoms. The van der Waals surface area contributed by atoms with Gasteiger partial charge in [0.1, 0.15) is 5.15 Å². The van der Waals surface area contributed by atoms with Crippen molar-refractivity contribution < 1.29 is 0 Å². The number of hydrogen-bond acceptors (Lipinski definition) is 3. The third-order valence-corrected chi connectivity index (χ3v) is 4.95. The van der Waals surface area contributed by atoms with Crippen molar-refractivity contribution in [1.29, 1.82) is 0 Å². The predicted molar refractivity (Wildman–Crippen MR) is 99.6 cm³/mol. The quantitative estimate of drug-likeness (QED) is 0.450. The number of aliphatic imine (C=N–C) groups is 1. The first-order valence-electron chi connectivity index (χ1n) is 9.11. The summed E-state index contributed by atoms with van der Waals surface area (Å²) in [4.78, 5) is 11.5. The molecule has 2 N–H and O–H groups in total. The summed E-state index contributed by atoms with van der Waals surface area (Å²) in [6, 6.07) is 4.74. The number of hydrogen-bond donors (Lipinski definition) is 2. The van der Waals surface area contributed by atoms with Crippen molar-refractivity contribution in [2.45, 2.75) is 38.6 Å². The summed E-state index contributed by atoms with van der Waals surface area (Å²) in [6.45, 7) is 7.23. The maximum absolute atomic E-state index is 5.82. The van der Waals surface area contributed by atoms with Crippen LogP contribution in [0.1, 0.15) is 31.7 Å². The molecule has 0 aromatic carbocycles. The van der Waals surface area contributed by atoms with Gasteiger partial charge in [-0.2, -0.15) is 0 Å². The Morgan fingerprint density at radius 2 is 2.21 bits per heavy atom.